The molecule has 140 valence electrons. The van der Waals surface area contributed by atoms with Crippen molar-refractivity contribution >= 4 is 15.7 Å². The fourth-order valence-corrected chi connectivity index (χ4v) is 4.98. The van der Waals surface area contributed by atoms with Crippen LogP contribution in [0.4, 0.5) is 5.82 Å². The standard InChI is InChI=1S/C17H23N5O3S/c23-26(24)9-6-18-12-14(26)10-16-20-17(21-25-16)13-4-5-15(19-11-13)22-7-2-1-3-8-22/h4-5,11,14,18H,1-3,6-10,12H2. The highest BCUT2D eigenvalue weighted by atomic mass is 32.2. The van der Waals surface area contributed by atoms with E-state index in [4.69, 9.17) is 4.52 Å². The molecule has 0 amide bonds. The summed E-state index contributed by atoms with van der Waals surface area (Å²) < 4.78 is 29.5. The topological polar surface area (TPSA) is 101 Å². The van der Waals surface area contributed by atoms with Gasteiger partial charge < -0.3 is 14.7 Å². The lowest BCUT2D eigenvalue weighted by atomic mass is 10.1. The summed E-state index contributed by atoms with van der Waals surface area (Å²) >= 11 is 0. The molecule has 0 bridgehead atoms. The summed E-state index contributed by atoms with van der Waals surface area (Å²) in [7, 11) is -3.10. The lowest BCUT2D eigenvalue weighted by molar-refractivity contribution is 0.373. The van der Waals surface area contributed by atoms with Gasteiger partial charge in [-0.1, -0.05) is 5.16 Å². The number of nitrogens with one attached hydrogen (secondary N) is 1. The lowest BCUT2D eigenvalue weighted by Crippen LogP contribution is -2.45. The number of sulfone groups is 1. The van der Waals surface area contributed by atoms with Crippen LogP contribution in [-0.2, 0) is 16.3 Å². The molecule has 2 aromatic rings. The minimum Gasteiger partial charge on any atom is -0.357 e. The van der Waals surface area contributed by atoms with Crippen molar-refractivity contribution in [1.82, 2.24) is 20.4 Å². The Hall–Kier alpha value is -2.00. The number of aromatic nitrogens is 3. The number of hydrogen-bond acceptors (Lipinski definition) is 8. The van der Waals surface area contributed by atoms with E-state index in [0.717, 1.165) is 24.5 Å². The number of piperidine rings is 1. The van der Waals surface area contributed by atoms with Crippen LogP contribution in [0, 0.1) is 0 Å². The van der Waals surface area contributed by atoms with E-state index < -0.39 is 15.1 Å². The maximum atomic E-state index is 12.1. The average molecular weight is 377 g/mol. The molecule has 8 nitrogen and oxygen atoms in total. The molecular weight excluding hydrogens is 354 g/mol. The number of pyridine rings is 1. The highest BCUT2D eigenvalue weighted by molar-refractivity contribution is 7.92. The Labute approximate surface area is 152 Å². The molecule has 9 heteroatoms. The molecule has 0 aliphatic carbocycles. The predicted molar refractivity (Wildman–Crippen MR) is 97.7 cm³/mol. The van der Waals surface area contributed by atoms with Crippen molar-refractivity contribution in [3.05, 3.63) is 24.2 Å². The first-order valence-electron chi connectivity index (χ1n) is 9.08. The van der Waals surface area contributed by atoms with Gasteiger partial charge in [0.2, 0.25) is 11.7 Å². The fraction of sp³-hybridized carbons (Fsp3) is 0.588. The third kappa shape index (κ3) is 3.73. The van der Waals surface area contributed by atoms with Crippen LogP contribution < -0.4 is 10.2 Å². The highest BCUT2D eigenvalue weighted by Gasteiger charge is 2.30. The Bertz CT molecular complexity index is 844. The first-order chi connectivity index (χ1) is 12.6. The van der Waals surface area contributed by atoms with E-state index in [1.807, 2.05) is 12.1 Å². The molecule has 4 heterocycles. The van der Waals surface area contributed by atoms with Gasteiger partial charge in [-0.15, -0.1) is 0 Å². The van der Waals surface area contributed by atoms with Gasteiger partial charge in [0.05, 0.1) is 11.0 Å². The minimum absolute atomic E-state index is 0.153. The number of rotatable bonds is 4. The van der Waals surface area contributed by atoms with Gasteiger partial charge in [0.25, 0.3) is 0 Å². The molecule has 1 atom stereocenters. The smallest absolute Gasteiger partial charge is 0.228 e. The Kier molecular flexibility index (Phi) is 4.90. The van der Waals surface area contributed by atoms with Gasteiger partial charge in [-0.3, -0.25) is 0 Å². The molecule has 0 radical (unpaired) electrons. The van der Waals surface area contributed by atoms with Crippen molar-refractivity contribution in [2.75, 3.05) is 36.8 Å². The fourth-order valence-electron chi connectivity index (χ4n) is 3.45. The van der Waals surface area contributed by atoms with Crippen molar-refractivity contribution in [2.45, 2.75) is 30.9 Å². The Balaban J connectivity index is 1.45. The molecular formula is C17H23N5O3S. The molecule has 0 aromatic carbocycles. The summed E-state index contributed by atoms with van der Waals surface area (Å²) in [6.07, 6.45) is 5.68. The Morgan fingerprint density at radius 2 is 2.08 bits per heavy atom. The van der Waals surface area contributed by atoms with Crippen LogP contribution in [0.5, 0.6) is 0 Å². The molecule has 1 N–H and O–H groups in total. The predicted octanol–water partition coefficient (Wildman–Crippen LogP) is 1.05. The van der Waals surface area contributed by atoms with E-state index in [-0.39, 0.29) is 12.2 Å². The Morgan fingerprint density at radius 1 is 1.23 bits per heavy atom. The molecule has 0 saturated carbocycles. The molecule has 2 aliphatic heterocycles. The SMILES string of the molecule is O=S1(=O)CCNCC1Cc1nc(-c2ccc(N3CCCCC3)nc2)no1. The average Bonchev–Trinajstić information content (AvgIpc) is 3.13. The first kappa shape index (κ1) is 17.4. The van der Waals surface area contributed by atoms with Crippen LogP contribution in [0.25, 0.3) is 11.4 Å². The second-order valence-electron chi connectivity index (χ2n) is 6.86. The normalized spacial score (nSPS) is 23.1. The maximum absolute atomic E-state index is 12.1. The van der Waals surface area contributed by atoms with Crippen molar-refractivity contribution in [2.24, 2.45) is 0 Å². The zero-order valence-electron chi connectivity index (χ0n) is 14.6. The van der Waals surface area contributed by atoms with Gasteiger partial charge in [-0.2, -0.15) is 4.98 Å². The van der Waals surface area contributed by atoms with E-state index in [1.165, 1.54) is 19.3 Å². The van der Waals surface area contributed by atoms with Gasteiger partial charge in [0.1, 0.15) is 5.82 Å². The largest absolute Gasteiger partial charge is 0.357 e. The molecule has 0 spiro atoms. The van der Waals surface area contributed by atoms with E-state index in [1.54, 1.807) is 6.20 Å². The molecule has 2 saturated heterocycles. The van der Waals surface area contributed by atoms with Gasteiger partial charge in [-0.25, -0.2) is 13.4 Å². The second-order valence-corrected chi connectivity index (χ2v) is 9.26. The van der Waals surface area contributed by atoms with Crippen molar-refractivity contribution < 1.29 is 12.9 Å². The second kappa shape index (κ2) is 7.32. The molecule has 2 fully saturated rings. The molecule has 4 rings (SSSR count). The zero-order valence-corrected chi connectivity index (χ0v) is 15.4. The lowest BCUT2D eigenvalue weighted by Gasteiger charge is -2.27. The first-order valence-corrected chi connectivity index (χ1v) is 10.8. The van der Waals surface area contributed by atoms with Crippen molar-refractivity contribution in [3.63, 3.8) is 0 Å². The maximum Gasteiger partial charge on any atom is 0.228 e. The third-order valence-electron chi connectivity index (χ3n) is 5.00. The highest BCUT2D eigenvalue weighted by Crippen LogP contribution is 2.22. The van der Waals surface area contributed by atoms with E-state index >= 15 is 0 Å². The monoisotopic (exact) mass is 377 g/mol. The quantitative estimate of drug-likeness (QED) is 0.844. The molecule has 26 heavy (non-hydrogen) atoms. The number of nitrogens with zero attached hydrogens (tertiary/aromatic N) is 4. The van der Waals surface area contributed by atoms with Gasteiger partial charge in [-0.05, 0) is 31.4 Å². The summed E-state index contributed by atoms with van der Waals surface area (Å²) in [5.41, 5.74) is 0.769. The van der Waals surface area contributed by atoms with Crippen LogP contribution in [0.15, 0.2) is 22.9 Å². The summed E-state index contributed by atoms with van der Waals surface area (Å²) in [6, 6.07) is 3.91. The van der Waals surface area contributed by atoms with Crippen molar-refractivity contribution in [1.29, 1.82) is 0 Å². The van der Waals surface area contributed by atoms with Crippen LogP contribution >= 0.6 is 0 Å². The zero-order chi connectivity index (χ0) is 18.0. The summed E-state index contributed by atoms with van der Waals surface area (Å²) in [4.78, 5) is 11.2. The van der Waals surface area contributed by atoms with Crippen LogP contribution in [0.1, 0.15) is 25.2 Å². The molecule has 2 aliphatic rings. The van der Waals surface area contributed by atoms with E-state index in [2.05, 4.69) is 25.3 Å². The summed E-state index contributed by atoms with van der Waals surface area (Å²) in [5, 5.41) is 6.58. The molecule has 1 unspecified atom stereocenters. The summed E-state index contributed by atoms with van der Waals surface area (Å²) in [5.74, 6) is 1.91. The number of hydrogen-bond donors (Lipinski definition) is 1. The Morgan fingerprint density at radius 3 is 2.81 bits per heavy atom. The van der Waals surface area contributed by atoms with Crippen LogP contribution in [-0.4, -0.2) is 60.7 Å². The van der Waals surface area contributed by atoms with Crippen LogP contribution in [0.2, 0.25) is 0 Å². The van der Waals surface area contributed by atoms with E-state index in [9.17, 15) is 8.42 Å². The van der Waals surface area contributed by atoms with Crippen LogP contribution in [0.3, 0.4) is 0 Å². The van der Waals surface area contributed by atoms with E-state index in [0.29, 0.717) is 24.8 Å². The minimum atomic E-state index is -3.10. The summed E-state index contributed by atoms with van der Waals surface area (Å²) in [6.45, 7) is 3.01. The van der Waals surface area contributed by atoms with Gasteiger partial charge in [0, 0.05) is 44.4 Å². The van der Waals surface area contributed by atoms with Gasteiger partial charge in [0.15, 0.2) is 9.84 Å². The number of anilines is 1. The third-order valence-corrected chi connectivity index (χ3v) is 7.12. The van der Waals surface area contributed by atoms with Crippen molar-refractivity contribution in [3.8, 4) is 11.4 Å². The van der Waals surface area contributed by atoms with Gasteiger partial charge >= 0.3 is 0 Å². The molecule has 2 aromatic heterocycles.